The molecule has 0 aliphatic rings. The summed E-state index contributed by atoms with van der Waals surface area (Å²) in [6.07, 6.45) is 10.6. The van der Waals surface area contributed by atoms with Gasteiger partial charge < -0.3 is 4.74 Å². The van der Waals surface area contributed by atoms with Crippen LogP contribution in [0.3, 0.4) is 0 Å². The van der Waals surface area contributed by atoms with Crippen molar-refractivity contribution in [3.63, 3.8) is 0 Å². The minimum atomic E-state index is 0.449. The highest BCUT2D eigenvalue weighted by atomic mass is 35.5. The number of H-pyrrole nitrogens is 1. The van der Waals surface area contributed by atoms with Crippen LogP contribution in [0.4, 0.5) is 0 Å². The van der Waals surface area contributed by atoms with Gasteiger partial charge in [0.2, 0.25) is 4.77 Å². The smallest absolute Gasteiger partial charge is 0.216 e. The maximum Gasteiger partial charge on any atom is 0.216 e. The summed E-state index contributed by atoms with van der Waals surface area (Å²) in [5.41, 5.74) is 0.803. The maximum absolute atomic E-state index is 6.33. The first-order valence-electron chi connectivity index (χ1n) is 9.22. The number of ether oxygens (including phenoxy) is 1. The first-order chi connectivity index (χ1) is 12.6. The molecule has 0 bridgehead atoms. The third-order valence-corrected chi connectivity index (χ3v) is 4.70. The third-order valence-electron chi connectivity index (χ3n) is 4.11. The van der Waals surface area contributed by atoms with Gasteiger partial charge in [-0.25, -0.2) is 0 Å². The van der Waals surface area contributed by atoms with Crippen molar-refractivity contribution in [2.24, 2.45) is 5.10 Å². The van der Waals surface area contributed by atoms with Crippen LogP contribution in [-0.2, 0) is 0 Å². The molecule has 1 heterocycles. The van der Waals surface area contributed by atoms with Crippen LogP contribution in [-0.4, -0.2) is 27.7 Å². The summed E-state index contributed by atoms with van der Waals surface area (Å²) in [5.74, 6) is 1.48. The topological polar surface area (TPSA) is 55.2 Å². The molecule has 0 amide bonds. The minimum absolute atomic E-state index is 0.449. The quantitative estimate of drug-likeness (QED) is 0.292. The molecular weight excluding hydrogens is 368 g/mol. The number of hydrogen-bond acceptors (Lipinski definition) is 4. The molecule has 2 rings (SSSR count). The number of unbranched alkanes of at least 4 members (excludes halogenated alkanes) is 6. The van der Waals surface area contributed by atoms with E-state index in [9.17, 15) is 0 Å². The Hall–Kier alpha value is -1.66. The van der Waals surface area contributed by atoms with Gasteiger partial charge in [0.1, 0.15) is 11.6 Å². The predicted octanol–water partition coefficient (Wildman–Crippen LogP) is 5.91. The zero-order chi connectivity index (χ0) is 18.8. The number of rotatable bonds is 11. The highest BCUT2D eigenvalue weighted by molar-refractivity contribution is 7.71. The fourth-order valence-corrected chi connectivity index (χ4v) is 3.02. The minimum Gasteiger partial charge on any atom is -0.494 e. The Bertz CT molecular complexity index is 769. The molecule has 1 N–H and O–H groups in total. The van der Waals surface area contributed by atoms with Crippen molar-refractivity contribution in [1.29, 1.82) is 0 Å². The number of aromatic amines is 1. The summed E-state index contributed by atoms with van der Waals surface area (Å²) in [6.45, 7) is 4.79. The molecule has 0 spiro atoms. The number of hydrogen-bond donors (Lipinski definition) is 1. The van der Waals surface area contributed by atoms with E-state index in [1.165, 1.54) is 38.5 Å². The van der Waals surface area contributed by atoms with Crippen molar-refractivity contribution >= 4 is 30.0 Å². The molecule has 0 saturated carbocycles. The molecule has 26 heavy (non-hydrogen) atoms. The highest BCUT2D eigenvalue weighted by Gasteiger charge is 2.03. The van der Waals surface area contributed by atoms with Gasteiger partial charge in [0.15, 0.2) is 0 Å². The van der Waals surface area contributed by atoms with Crippen LogP contribution < -0.4 is 4.74 Å². The fourth-order valence-electron chi connectivity index (χ4n) is 2.58. The van der Waals surface area contributed by atoms with Gasteiger partial charge in [-0.2, -0.15) is 14.9 Å². The van der Waals surface area contributed by atoms with E-state index in [-0.39, 0.29) is 0 Å². The summed E-state index contributed by atoms with van der Waals surface area (Å²) in [4.78, 5) is 0. The van der Waals surface area contributed by atoms with Crippen LogP contribution in [0.15, 0.2) is 23.3 Å². The van der Waals surface area contributed by atoms with Gasteiger partial charge in [-0.3, -0.25) is 5.10 Å². The van der Waals surface area contributed by atoms with E-state index in [0.717, 1.165) is 24.3 Å². The van der Waals surface area contributed by atoms with E-state index >= 15 is 0 Å². The first kappa shape index (κ1) is 20.6. The Balaban J connectivity index is 1.79. The molecule has 0 unspecified atom stereocenters. The molecule has 0 atom stereocenters. The third kappa shape index (κ3) is 6.57. The standard InChI is InChI=1S/C19H27ClN4OS/c1-3-4-5-6-7-8-9-12-25-17-11-10-16(18(20)13-17)14-21-24-15(2)22-23-19(24)26/h10-11,13-14H,3-9,12H2,1-2H3,(H,23,26)/b21-14-. The lowest BCUT2D eigenvalue weighted by molar-refractivity contribution is 0.304. The van der Waals surface area contributed by atoms with Crippen molar-refractivity contribution in [1.82, 2.24) is 14.9 Å². The van der Waals surface area contributed by atoms with Gasteiger partial charge in [0, 0.05) is 5.56 Å². The average Bonchev–Trinajstić information content (AvgIpc) is 2.95. The number of aromatic nitrogens is 3. The Morgan fingerprint density at radius 3 is 2.62 bits per heavy atom. The van der Waals surface area contributed by atoms with Gasteiger partial charge in [-0.05, 0) is 43.8 Å². The van der Waals surface area contributed by atoms with Crippen molar-refractivity contribution < 1.29 is 4.74 Å². The lowest BCUT2D eigenvalue weighted by atomic mass is 10.1. The summed E-state index contributed by atoms with van der Waals surface area (Å²) in [5, 5.41) is 11.6. The number of benzene rings is 1. The monoisotopic (exact) mass is 394 g/mol. The van der Waals surface area contributed by atoms with Crippen molar-refractivity contribution in [3.8, 4) is 5.75 Å². The van der Waals surface area contributed by atoms with Gasteiger partial charge >= 0.3 is 0 Å². The predicted molar refractivity (Wildman–Crippen MR) is 110 cm³/mol. The molecule has 0 saturated heterocycles. The lowest BCUT2D eigenvalue weighted by Gasteiger charge is -2.07. The van der Waals surface area contributed by atoms with Gasteiger partial charge in [-0.1, -0.05) is 57.0 Å². The molecule has 0 radical (unpaired) electrons. The average molecular weight is 395 g/mol. The SMILES string of the molecule is CCCCCCCCCOc1ccc(/C=N\n2c(C)n[nH]c2=S)c(Cl)c1. The van der Waals surface area contributed by atoms with Crippen LogP contribution in [0.5, 0.6) is 5.75 Å². The van der Waals surface area contributed by atoms with Crippen molar-refractivity contribution in [2.45, 2.75) is 58.8 Å². The second-order valence-electron chi connectivity index (χ2n) is 6.29. The molecule has 2 aromatic rings. The number of aryl methyl sites for hydroxylation is 1. The number of halogens is 1. The summed E-state index contributed by atoms with van der Waals surface area (Å²) in [7, 11) is 0. The van der Waals surface area contributed by atoms with E-state index in [4.69, 9.17) is 28.6 Å². The molecule has 0 aliphatic heterocycles. The zero-order valence-corrected chi connectivity index (χ0v) is 17.1. The van der Waals surface area contributed by atoms with E-state index in [0.29, 0.717) is 15.6 Å². The maximum atomic E-state index is 6.33. The van der Waals surface area contributed by atoms with E-state index < -0.39 is 0 Å². The van der Waals surface area contributed by atoms with Crippen LogP contribution >= 0.6 is 23.8 Å². The lowest BCUT2D eigenvalue weighted by Crippen LogP contribution is -1.98. The Morgan fingerprint density at radius 2 is 1.96 bits per heavy atom. The Labute approximate surface area is 165 Å². The summed E-state index contributed by atoms with van der Waals surface area (Å²) < 4.78 is 7.79. The molecule has 142 valence electrons. The van der Waals surface area contributed by atoms with E-state index in [1.807, 2.05) is 25.1 Å². The largest absolute Gasteiger partial charge is 0.494 e. The van der Waals surface area contributed by atoms with Crippen LogP contribution in [0, 0.1) is 11.7 Å². The summed E-state index contributed by atoms with van der Waals surface area (Å²) in [6, 6.07) is 5.63. The molecule has 1 aromatic heterocycles. The van der Waals surface area contributed by atoms with Gasteiger partial charge in [0.05, 0.1) is 17.8 Å². The van der Waals surface area contributed by atoms with E-state index in [2.05, 4.69) is 22.2 Å². The second kappa shape index (κ2) is 11.1. The van der Waals surface area contributed by atoms with E-state index in [1.54, 1.807) is 10.9 Å². The molecule has 7 heteroatoms. The molecule has 0 fully saturated rings. The molecular formula is C19H27ClN4OS. The Kier molecular flexibility index (Phi) is 8.85. The summed E-state index contributed by atoms with van der Waals surface area (Å²) >= 11 is 11.4. The van der Waals surface area contributed by atoms with Gasteiger partial charge in [-0.15, -0.1) is 0 Å². The second-order valence-corrected chi connectivity index (χ2v) is 7.08. The number of nitrogens with one attached hydrogen (secondary N) is 1. The van der Waals surface area contributed by atoms with Crippen molar-refractivity contribution in [3.05, 3.63) is 39.4 Å². The normalized spacial score (nSPS) is 11.3. The van der Waals surface area contributed by atoms with Crippen LogP contribution in [0.1, 0.15) is 63.3 Å². The van der Waals surface area contributed by atoms with Crippen molar-refractivity contribution in [2.75, 3.05) is 6.61 Å². The van der Waals surface area contributed by atoms with Crippen LogP contribution in [0.2, 0.25) is 5.02 Å². The molecule has 1 aromatic carbocycles. The first-order valence-corrected chi connectivity index (χ1v) is 10.0. The number of nitrogens with zero attached hydrogens (tertiary/aromatic N) is 3. The zero-order valence-electron chi connectivity index (χ0n) is 15.5. The van der Waals surface area contributed by atoms with Crippen LogP contribution in [0.25, 0.3) is 0 Å². The highest BCUT2D eigenvalue weighted by Crippen LogP contribution is 2.22. The molecule has 5 nitrogen and oxygen atoms in total. The fraction of sp³-hybridized carbons (Fsp3) is 0.526. The molecule has 0 aliphatic carbocycles. The Morgan fingerprint density at radius 1 is 1.23 bits per heavy atom. The van der Waals surface area contributed by atoms with Gasteiger partial charge in [0.25, 0.3) is 0 Å².